The molecule has 0 saturated carbocycles. The van der Waals surface area contributed by atoms with Crippen LogP contribution in [0.15, 0.2) is 36.5 Å². The van der Waals surface area contributed by atoms with Crippen molar-refractivity contribution >= 4 is 11.2 Å². The number of pyridine rings is 1. The minimum Gasteiger partial charge on any atom is -0.324 e. The summed E-state index contributed by atoms with van der Waals surface area (Å²) >= 11 is 0. The summed E-state index contributed by atoms with van der Waals surface area (Å²) in [6.07, 6.45) is 2.46. The summed E-state index contributed by atoms with van der Waals surface area (Å²) in [5.74, 6) is 0.658. The van der Waals surface area contributed by atoms with E-state index in [9.17, 15) is 4.39 Å². The summed E-state index contributed by atoms with van der Waals surface area (Å²) in [6.45, 7) is 6.58. The molecule has 0 radical (unpaired) electrons. The summed E-state index contributed by atoms with van der Waals surface area (Å²) in [7, 11) is 0. The van der Waals surface area contributed by atoms with Crippen LogP contribution in [0.2, 0.25) is 0 Å². The van der Waals surface area contributed by atoms with Crippen LogP contribution >= 0.6 is 0 Å². The molecule has 0 spiro atoms. The fourth-order valence-corrected chi connectivity index (χ4v) is 2.65. The Morgan fingerprint density at radius 2 is 1.91 bits per heavy atom. The van der Waals surface area contributed by atoms with Crippen LogP contribution < -0.4 is 5.73 Å². The van der Waals surface area contributed by atoms with Gasteiger partial charge < -0.3 is 10.3 Å². The molecular formula is C18H21FN4. The highest BCUT2D eigenvalue weighted by molar-refractivity contribution is 5.72. The highest BCUT2D eigenvalue weighted by Crippen LogP contribution is 2.20. The average Bonchev–Trinajstić information content (AvgIpc) is 2.76. The van der Waals surface area contributed by atoms with Gasteiger partial charge in [0.25, 0.3) is 0 Å². The summed E-state index contributed by atoms with van der Waals surface area (Å²) in [4.78, 5) is 9.25. The Morgan fingerprint density at radius 3 is 2.57 bits per heavy atom. The van der Waals surface area contributed by atoms with E-state index < -0.39 is 0 Å². The second kappa shape index (κ2) is 5.74. The topological polar surface area (TPSA) is 56.7 Å². The number of aryl methyl sites for hydroxylation is 1. The van der Waals surface area contributed by atoms with E-state index in [-0.39, 0.29) is 11.4 Å². The normalized spacial score (nSPS) is 12.0. The van der Waals surface area contributed by atoms with Crippen LogP contribution in [0.1, 0.15) is 30.8 Å². The Kier molecular flexibility index (Phi) is 3.90. The van der Waals surface area contributed by atoms with Gasteiger partial charge in [-0.1, -0.05) is 12.1 Å². The molecule has 2 N–H and O–H groups in total. The fourth-order valence-electron chi connectivity index (χ4n) is 2.65. The highest BCUT2D eigenvalue weighted by atomic mass is 19.1. The van der Waals surface area contributed by atoms with Gasteiger partial charge in [-0.05, 0) is 50.1 Å². The van der Waals surface area contributed by atoms with E-state index in [2.05, 4.69) is 9.55 Å². The average molecular weight is 312 g/mol. The molecule has 0 atom stereocenters. The van der Waals surface area contributed by atoms with Gasteiger partial charge >= 0.3 is 0 Å². The molecule has 0 fully saturated rings. The van der Waals surface area contributed by atoms with Gasteiger partial charge in [-0.25, -0.2) is 14.4 Å². The Hall–Kier alpha value is -2.27. The predicted molar refractivity (Wildman–Crippen MR) is 89.7 cm³/mol. The molecule has 3 aromatic rings. The number of aromatic nitrogens is 3. The number of benzene rings is 1. The SMILES string of the molecule is Cc1cnc2c(c1)nc(Cc1ccc(F)cc1)n2CC(C)(C)N. The molecule has 1 aromatic carbocycles. The van der Waals surface area contributed by atoms with Crippen molar-refractivity contribution in [2.45, 2.75) is 39.3 Å². The summed E-state index contributed by atoms with van der Waals surface area (Å²) < 4.78 is 15.2. The molecule has 0 saturated heterocycles. The molecule has 120 valence electrons. The number of halogens is 1. The van der Waals surface area contributed by atoms with Crippen molar-refractivity contribution in [2.24, 2.45) is 5.73 Å². The molecule has 0 aliphatic heterocycles. The minimum absolute atomic E-state index is 0.234. The van der Waals surface area contributed by atoms with E-state index in [0.29, 0.717) is 13.0 Å². The zero-order valence-corrected chi connectivity index (χ0v) is 13.7. The van der Waals surface area contributed by atoms with Crippen LogP contribution in [0.4, 0.5) is 4.39 Å². The van der Waals surface area contributed by atoms with Gasteiger partial charge in [0.1, 0.15) is 17.2 Å². The largest absolute Gasteiger partial charge is 0.324 e. The Morgan fingerprint density at radius 1 is 1.22 bits per heavy atom. The highest BCUT2D eigenvalue weighted by Gasteiger charge is 2.19. The summed E-state index contributed by atoms with van der Waals surface area (Å²) in [6, 6.07) is 8.53. The number of rotatable bonds is 4. The molecule has 2 aromatic heterocycles. The van der Waals surface area contributed by atoms with Gasteiger partial charge in [0, 0.05) is 24.7 Å². The Balaban J connectivity index is 2.06. The van der Waals surface area contributed by atoms with E-state index >= 15 is 0 Å². The molecule has 0 amide bonds. The van der Waals surface area contributed by atoms with Crippen molar-refractivity contribution in [2.75, 3.05) is 0 Å². The predicted octanol–water partition coefficient (Wildman–Crippen LogP) is 3.21. The molecule has 0 aliphatic carbocycles. The van der Waals surface area contributed by atoms with Crippen molar-refractivity contribution in [3.05, 3.63) is 59.3 Å². The van der Waals surface area contributed by atoms with E-state index in [4.69, 9.17) is 10.7 Å². The molecule has 0 unspecified atom stereocenters. The number of hydrogen-bond acceptors (Lipinski definition) is 3. The number of nitrogens with zero attached hydrogens (tertiary/aromatic N) is 3. The van der Waals surface area contributed by atoms with Crippen molar-refractivity contribution in [3.8, 4) is 0 Å². The van der Waals surface area contributed by atoms with Crippen molar-refractivity contribution in [1.29, 1.82) is 0 Å². The first-order chi connectivity index (χ1) is 10.8. The number of fused-ring (bicyclic) bond motifs is 1. The fraction of sp³-hybridized carbons (Fsp3) is 0.333. The van der Waals surface area contributed by atoms with E-state index in [1.54, 1.807) is 12.1 Å². The maximum absolute atomic E-state index is 13.1. The molecular weight excluding hydrogens is 291 g/mol. The maximum atomic E-state index is 13.1. The van der Waals surface area contributed by atoms with Crippen LogP contribution in [0.25, 0.3) is 11.2 Å². The van der Waals surface area contributed by atoms with Gasteiger partial charge in [-0.3, -0.25) is 0 Å². The quantitative estimate of drug-likeness (QED) is 0.805. The van der Waals surface area contributed by atoms with Crippen molar-refractivity contribution in [1.82, 2.24) is 14.5 Å². The van der Waals surface area contributed by atoms with E-state index in [1.807, 2.05) is 33.0 Å². The van der Waals surface area contributed by atoms with Crippen molar-refractivity contribution in [3.63, 3.8) is 0 Å². The number of hydrogen-bond donors (Lipinski definition) is 1. The zero-order valence-electron chi connectivity index (χ0n) is 13.7. The zero-order chi connectivity index (χ0) is 16.6. The van der Waals surface area contributed by atoms with Gasteiger partial charge in [-0.15, -0.1) is 0 Å². The van der Waals surface area contributed by atoms with Gasteiger partial charge in [0.05, 0.1) is 0 Å². The van der Waals surface area contributed by atoms with Gasteiger partial charge in [0.2, 0.25) is 0 Å². The molecule has 0 aliphatic rings. The van der Waals surface area contributed by atoms with Crippen LogP contribution in [0.3, 0.4) is 0 Å². The summed E-state index contributed by atoms with van der Waals surface area (Å²) in [5.41, 5.74) is 9.61. The smallest absolute Gasteiger partial charge is 0.160 e. The second-order valence-electron chi connectivity index (χ2n) is 6.76. The van der Waals surface area contributed by atoms with Crippen molar-refractivity contribution < 1.29 is 4.39 Å². The lowest BCUT2D eigenvalue weighted by atomic mass is 10.1. The van der Waals surface area contributed by atoms with Crippen LogP contribution in [0.5, 0.6) is 0 Å². The molecule has 23 heavy (non-hydrogen) atoms. The van der Waals surface area contributed by atoms with E-state index in [0.717, 1.165) is 28.1 Å². The lowest BCUT2D eigenvalue weighted by molar-refractivity contribution is 0.432. The van der Waals surface area contributed by atoms with Gasteiger partial charge in [-0.2, -0.15) is 0 Å². The second-order valence-corrected chi connectivity index (χ2v) is 6.76. The van der Waals surface area contributed by atoms with Crippen LogP contribution in [0, 0.1) is 12.7 Å². The molecule has 5 heteroatoms. The molecule has 0 bridgehead atoms. The number of nitrogens with two attached hydrogens (primary N) is 1. The monoisotopic (exact) mass is 312 g/mol. The summed E-state index contributed by atoms with van der Waals surface area (Å²) in [5, 5.41) is 0. The lowest BCUT2D eigenvalue weighted by Gasteiger charge is -2.21. The first kappa shape index (κ1) is 15.6. The lowest BCUT2D eigenvalue weighted by Crippen LogP contribution is -2.37. The molecule has 3 rings (SSSR count). The van der Waals surface area contributed by atoms with Crippen LogP contribution in [-0.4, -0.2) is 20.1 Å². The standard InChI is InChI=1S/C18H21FN4/c1-12-8-15-17(21-10-12)23(11-18(2,3)20)16(22-15)9-13-4-6-14(19)7-5-13/h4-8,10H,9,11,20H2,1-3H3. The molecule has 2 heterocycles. The maximum Gasteiger partial charge on any atom is 0.160 e. The minimum atomic E-state index is -0.377. The molecule has 4 nitrogen and oxygen atoms in total. The number of imidazole rings is 1. The Labute approximate surface area is 135 Å². The van der Waals surface area contributed by atoms with Crippen LogP contribution in [-0.2, 0) is 13.0 Å². The Bertz CT molecular complexity index is 829. The van der Waals surface area contributed by atoms with Gasteiger partial charge in [0.15, 0.2) is 5.65 Å². The first-order valence-corrected chi connectivity index (χ1v) is 7.67. The van der Waals surface area contributed by atoms with E-state index in [1.165, 1.54) is 12.1 Å². The third-order valence-electron chi connectivity index (χ3n) is 3.64. The first-order valence-electron chi connectivity index (χ1n) is 7.67. The third kappa shape index (κ3) is 3.56. The third-order valence-corrected chi connectivity index (χ3v) is 3.64.